The first-order valence-electron chi connectivity index (χ1n) is 8.38. The number of fused-ring (bicyclic) bond motifs is 1. The van der Waals surface area contributed by atoms with Crippen LogP contribution in [-0.4, -0.2) is 33.9 Å². The fourth-order valence-corrected chi connectivity index (χ4v) is 3.52. The van der Waals surface area contributed by atoms with E-state index in [1.807, 2.05) is 35.2 Å². The number of anilines is 2. The molecule has 2 aliphatic rings. The number of likely N-dealkylation sites (tertiary alicyclic amines) is 1. The number of amides is 1. The molecule has 0 spiro atoms. The van der Waals surface area contributed by atoms with E-state index in [0.717, 1.165) is 31.6 Å². The van der Waals surface area contributed by atoms with Gasteiger partial charge in [0.2, 0.25) is 5.95 Å². The number of carbonyl (C=O) groups is 1. The Morgan fingerprint density at radius 1 is 1.00 bits per heavy atom. The molecule has 2 heterocycles. The van der Waals surface area contributed by atoms with Crippen LogP contribution in [0.1, 0.15) is 23.2 Å². The minimum absolute atomic E-state index is 0.0376. The standard InChI is InChI=1S/C19H20N4O/c24-18(23-12-14-6-4-5-7-15(14)13-23)16-10-20-19(21-11-16)22-17-8-2-1-3-9-17/h1-5,8-11,14-15H,6-7,12-13H2,(H,20,21,22)/t14-,15+. The van der Waals surface area contributed by atoms with Crippen molar-refractivity contribution in [1.29, 1.82) is 0 Å². The van der Waals surface area contributed by atoms with Gasteiger partial charge in [0.05, 0.1) is 5.56 Å². The Balaban J connectivity index is 1.42. The van der Waals surface area contributed by atoms with E-state index >= 15 is 0 Å². The fourth-order valence-electron chi connectivity index (χ4n) is 3.52. The van der Waals surface area contributed by atoms with Crippen molar-refractivity contribution in [2.24, 2.45) is 11.8 Å². The lowest BCUT2D eigenvalue weighted by molar-refractivity contribution is 0.0783. The smallest absolute Gasteiger partial charge is 0.257 e. The van der Waals surface area contributed by atoms with E-state index in [1.165, 1.54) is 0 Å². The molecule has 0 saturated carbocycles. The van der Waals surface area contributed by atoms with E-state index in [-0.39, 0.29) is 5.91 Å². The zero-order valence-electron chi connectivity index (χ0n) is 13.4. The lowest BCUT2D eigenvalue weighted by Gasteiger charge is -2.17. The van der Waals surface area contributed by atoms with Crippen LogP contribution < -0.4 is 5.32 Å². The molecule has 1 saturated heterocycles. The molecule has 0 radical (unpaired) electrons. The number of allylic oxidation sites excluding steroid dienone is 2. The molecule has 1 aliphatic carbocycles. The monoisotopic (exact) mass is 320 g/mol. The highest BCUT2D eigenvalue weighted by molar-refractivity contribution is 5.94. The maximum atomic E-state index is 12.7. The number of benzene rings is 1. The average Bonchev–Trinajstić information content (AvgIpc) is 3.07. The SMILES string of the molecule is O=C(c1cnc(Nc2ccccc2)nc1)N1C[C@H]2CC=CC[C@H]2C1. The molecule has 2 atom stereocenters. The second-order valence-corrected chi connectivity index (χ2v) is 6.46. The summed E-state index contributed by atoms with van der Waals surface area (Å²) in [6, 6.07) is 9.74. The summed E-state index contributed by atoms with van der Waals surface area (Å²) < 4.78 is 0. The first kappa shape index (κ1) is 14.9. The van der Waals surface area contributed by atoms with Crippen molar-refractivity contribution < 1.29 is 4.79 Å². The van der Waals surface area contributed by atoms with Crippen LogP contribution >= 0.6 is 0 Å². The number of carbonyl (C=O) groups excluding carboxylic acids is 1. The van der Waals surface area contributed by atoms with E-state index in [9.17, 15) is 4.79 Å². The topological polar surface area (TPSA) is 58.1 Å². The lowest BCUT2D eigenvalue weighted by Crippen LogP contribution is -2.29. The number of rotatable bonds is 3. The van der Waals surface area contributed by atoms with Crippen LogP contribution in [0.5, 0.6) is 0 Å². The van der Waals surface area contributed by atoms with Gasteiger partial charge in [-0.05, 0) is 36.8 Å². The van der Waals surface area contributed by atoms with E-state index < -0.39 is 0 Å². The highest BCUT2D eigenvalue weighted by Gasteiger charge is 2.35. The van der Waals surface area contributed by atoms with E-state index in [2.05, 4.69) is 27.4 Å². The first-order valence-corrected chi connectivity index (χ1v) is 8.38. The van der Waals surface area contributed by atoms with Crippen LogP contribution in [0.4, 0.5) is 11.6 Å². The van der Waals surface area contributed by atoms with Crippen molar-refractivity contribution in [3.63, 3.8) is 0 Å². The molecule has 5 nitrogen and oxygen atoms in total. The summed E-state index contributed by atoms with van der Waals surface area (Å²) in [5, 5.41) is 3.12. The molecule has 1 N–H and O–H groups in total. The lowest BCUT2D eigenvalue weighted by atomic mass is 9.86. The Labute approximate surface area is 141 Å². The van der Waals surface area contributed by atoms with Crippen LogP contribution in [0.25, 0.3) is 0 Å². The number of hydrogen-bond donors (Lipinski definition) is 1. The summed E-state index contributed by atoms with van der Waals surface area (Å²) in [7, 11) is 0. The summed E-state index contributed by atoms with van der Waals surface area (Å²) in [6.07, 6.45) is 9.88. The van der Waals surface area contributed by atoms with E-state index in [1.54, 1.807) is 12.4 Å². The normalized spacial score (nSPS) is 22.2. The molecule has 1 aliphatic heterocycles. The zero-order chi connectivity index (χ0) is 16.4. The molecule has 24 heavy (non-hydrogen) atoms. The number of para-hydroxylation sites is 1. The third-order valence-corrected chi connectivity index (χ3v) is 4.84. The summed E-state index contributed by atoms with van der Waals surface area (Å²) in [4.78, 5) is 23.2. The van der Waals surface area contributed by atoms with Gasteiger partial charge in [0.1, 0.15) is 0 Å². The maximum absolute atomic E-state index is 12.7. The molecule has 122 valence electrons. The van der Waals surface area contributed by atoms with Gasteiger partial charge in [0, 0.05) is 31.2 Å². The molecule has 1 aromatic heterocycles. The highest BCUT2D eigenvalue weighted by atomic mass is 16.2. The van der Waals surface area contributed by atoms with E-state index in [4.69, 9.17) is 0 Å². The molecular weight excluding hydrogens is 300 g/mol. The van der Waals surface area contributed by atoms with Crippen molar-refractivity contribution in [1.82, 2.24) is 14.9 Å². The quantitative estimate of drug-likeness (QED) is 0.882. The number of hydrogen-bond acceptors (Lipinski definition) is 4. The van der Waals surface area contributed by atoms with Crippen LogP contribution in [0.15, 0.2) is 54.9 Å². The van der Waals surface area contributed by atoms with Gasteiger partial charge in [-0.3, -0.25) is 4.79 Å². The van der Waals surface area contributed by atoms with Gasteiger partial charge in [-0.15, -0.1) is 0 Å². The fraction of sp³-hybridized carbons (Fsp3) is 0.316. The Hall–Kier alpha value is -2.69. The van der Waals surface area contributed by atoms with Crippen molar-refractivity contribution >= 4 is 17.5 Å². The molecule has 1 fully saturated rings. The molecule has 0 bridgehead atoms. The Morgan fingerprint density at radius 3 is 2.25 bits per heavy atom. The Bertz CT molecular complexity index is 726. The number of nitrogens with zero attached hydrogens (tertiary/aromatic N) is 3. The molecule has 1 aromatic carbocycles. The second-order valence-electron chi connectivity index (χ2n) is 6.46. The van der Waals surface area contributed by atoms with Gasteiger partial charge in [-0.25, -0.2) is 9.97 Å². The Morgan fingerprint density at radius 2 is 1.62 bits per heavy atom. The van der Waals surface area contributed by atoms with Crippen LogP contribution in [0.2, 0.25) is 0 Å². The largest absolute Gasteiger partial charge is 0.338 e. The van der Waals surface area contributed by atoms with Crippen molar-refractivity contribution in [2.45, 2.75) is 12.8 Å². The summed E-state index contributed by atoms with van der Waals surface area (Å²) in [5.74, 6) is 1.76. The predicted octanol–water partition coefficient (Wildman–Crippen LogP) is 3.26. The van der Waals surface area contributed by atoms with E-state index in [0.29, 0.717) is 23.3 Å². The highest BCUT2D eigenvalue weighted by Crippen LogP contribution is 2.33. The number of nitrogens with one attached hydrogen (secondary N) is 1. The summed E-state index contributed by atoms with van der Waals surface area (Å²) in [6.45, 7) is 1.69. The van der Waals surface area contributed by atoms with Crippen LogP contribution in [-0.2, 0) is 0 Å². The van der Waals surface area contributed by atoms with Crippen LogP contribution in [0, 0.1) is 11.8 Å². The third kappa shape index (κ3) is 3.02. The van der Waals surface area contributed by atoms with Crippen molar-refractivity contribution in [3.8, 4) is 0 Å². The summed E-state index contributed by atoms with van der Waals surface area (Å²) >= 11 is 0. The van der Waals surface area contributed by atoms with Gasteiger partial charge in [0.25, 0.3) is 5.91 Å². The van der Waals surface area contributed by atoms with Crippen LogP contribution in [0.3, 0.4) is 0 Å². The van der Waals surface area contributed by atoms with Crippen molar-refractivity contribution in [2.75, 3.05) is 18.4 Å². The molecule has 0 unspecified atom stereocenters. The van der Waals surface area contributed by atoms with Gasteiger partial charge >= 0.3 is 0 Å². The third-order valence-electron chi connectivity index (χ3n) is 4.84. The number of aromatic nitrogens is 2. The summed E-state index contributed by atoms with van der Waals surface area (Å²) in [5.41, 5.74) is 1.48. The zero-order valence-corrected chi connectivity index (χ0v) is 13.4. The predicted molar refractivity (Wildman–Crippen MR) is 93.0 cm³/mol. The Kier molecular flexibility index (Phi) is 3.99. The van der Waals surface area contributed by atoms with Gasteiger partial charge in [0.15, 0.2) is 0 Å². The molecular formula is C19H20N4O. The first-order chi connectivity index (χ1) is 11.8. The minimum atomic E-state index is 0.0376. The van der Waals surface area contributed by atoms with Gasteiger partial charge in [-0.2, -0.15) is 0 Å². The van der Waals surface area contributed by atoms with Gasteiger partial charge in [-0.1, -0.05) is 30.4 Å². The maximum Gasteiger partial charge on any atom is 0.257 e. The van der Waals surface area contributed by atoms with Crippen molar-refractivity contribution in [3.05, 3.63) is 60.4 Å². The molecule has 4 rings (SSSR count). The average molecular weight is 320 g/mol. The second kappa shape index (κ2) is 6.43. The minimum Gasteiger partial charge on any atom is -0.338 e. The molecule has 5 heteroatoms. The van der Waals surface area contributed by atoms with Gasteiger partial charge < -0.3 is 10.2 Å². The molecule has 2 aromatic rings. The molecule has 1 amide bonds.